The van der Waals surface area contributed by atoms with Crippen molar-refractivity contribution in [3.63, 3.8) is 0 Å². The number of hydrogen-bond acceptors (Lipinski definition) is 7. The van der Waals surface area contributed by atoms with Crippen LogP contribution >= 0.6 is 0 Å². The van der Waals surface area contributed by atoms with Crippen LogP contribution in [-0.2, 0) is 11.3 Å². The van der Waals surface area contributed by atoms with Crippen molar-refractivity contribution in [3.8, 4) is 6.07 Å². The van der Waals surface area contributed by atoms with Crippen molar-refractivity contribution in [1.29, 1.82) is 5.26 Å². The molecule has 1 aliphatic rings. The second kappa shape index (κ2) is 11.3. The van der Waals surface area contributed by atoms with Crippen LogP contribution in [0.4, 0.5) is 8.78 Å². The molecule has 0 bridgehead atoms. The van der Waals surface area contributed by atoms with Crippen LogP contribution in [0.2, 0.25) is 0 Å². The van der Waals surface area contributed by atoms with E-state index in [2.05, 4.69) is 25.9 Å². The van der Waals surface area contributed by atoms with E-state index in [0.717, 1.165) is 12.1 Å². The fourth-order valence-corrected chi connectivity index (χ4v) is 3.11. The highest BCUT2D eigenvalue weighted by Crippen LogP contribution is 2.18. The van der Waals surface area contributed by atoms with Crippen molar-refractivity contribution in [2.45, 2.75) is 39.5 Å². The summed E-state index contributed by atoms with van der Waals surface area (Å²) in [7, 11) is 1.77. The lowest BCUT2D eigenvalue weighted by Crippen LogP contribution is -2.28. The lowest BCUT2D eigenvalue weighted by atomic mass is 10.2. The Balaban J connectivity index is 1.72. The first-order valence-corrected chi connectivity index (χ1v) is 10.4. The number of halogens is 2. The van der Waals surface area contributed by atoms with Crippen molar-refractivity contribution in [1.82, 2.24) is 35.2 Å². The first kappa shape index (κ1) is 24.0. The van der Waals surface area contributed by atoms with Gasteiger partial charge < -0.3 is 14.6 Å². The second-order valence-corrected chi connectivity index (χ2v) is 7.18. The number of aryl methyl sites for hydroxylation is 1. The molecule has 0 spiro atoms. The average molecular weight is 457 g/mol. The molecule has 1 atom stereocenters. The topological polar surface area (TPSA) is 106 Å². The number of nitrogens with zero attached hydrogens (tertiary/aromatic N) is 6. The Bertz CT molecular complexity index is 1120. The highest BCUT2D eigenvalue weighted by Gasteiger charge is 2.19. The minimum absolute atomic E-state index is 0.0180. The molecule has 3 rings (SSSR count). The zero-order valence-corrected chi connectivity index (χ0v) is 18.7. The Morgan fingerprint density at radius 1 is 1.42 bits per heavy atom. The average Bonchev–Trinajstić information content (AvgIpc) is 3.45. The van der Waals surface area contributed by atoms with Gasteiger partial charge >= 0.3 is 0 Å². The molecule has 0 radical (unpaired) electrons. The largest absolute Gasteiger partial charge is 0.366 e. The first-order chi connectivity index (χ1) is 16.0. The first-order valence-electron chi connectivity index (χ1n) is 10.4. The van der Waals surface area contributed by atoms with Crippen molar-refractivity contribution in [3.05, 3.63) is 65.6 Å². The lowest BCUT2D eigenvalue weighted by molar-refractivity contribution is 0.0517. The van der Waals surface area contributed by atoms with Crippen LogP contribution in [0, 0.1) is 18.3 Å². The van der Waals surface area contributed by atoms with Crippen LogP contribution in [0.15, 0.2) is 48.5 Å². The van der Waals surface area contributed by atoms with Crippen LogP contribution in [0.1, 0.15) is 30.4 Å². The van der Waals surface area contributed by atoms with E-state index in [9.17, 15) is 8.78 Å². The van der Waals surface area contributed by atoms with Gasteiger partial charge in [-0.25, -0.2) is 13.8 Å². The summed E-state index contributed by atoms with van der Waals surface area (Å²) in [4.78, 5) is 4.04. The van der Waals surface area contributed by atoms with Crippen molar-refractivity contribution in [2.24, 2.45) is 0 Å². The Labute approximate surface area is 190 Å². The van der Waals surface area contributed by atoms with Crippen molar-refractivity contribution >= 4 is 11.5 Å². The fraction of sp³-hybridized carbons (Fsp3) is 0.364. The molecule has 3 heterocycles. The molecule has 0 aromatic carbocycles. The van der Waals surface area contributed by atoms with Gasteiger partial charge in [-0.1, -0.05) is 24.3 Å². The molecule has 9 nitrogen and oxygen atoms in total. The summed E-state index contributed by atoms with van der Waals surface area (Å²) >= 11 is 0. The number of dihydropyridines is 1. The molecule has 0 amide bonds. The summed E-state index contributed by atoms with van der Waals surface area (Å²) in [6.45, 7) is 4.06. The van der Waals surface area contributed by atoms with Gasteiger partial charge in [0, 0.05) is 24.0 Å². The predicted molar refractivity (Wildman–Crippen MR) is 119 cm³/mol. The molecule has 1 aliphatic heterocycles. The summed E-state index contributed by atoms with van der Waals surface area (Å²) in [5.74, 6) is 0.553. The standard InChI is InChI=1S/C22H26F2N8O/c1-4-5-18(31-12-17(10-25)28-14-31)7-9-21(26-3)33-13-19-15(2)29-30-32(19)20-8-6-16(11-27-20)22(23)24/h5-9,12,14,21-22,26-27H,4,11,13H2,1-3H3/b9-7-,18-5?. The van der Waals surface area contributed by atoms with Crippen LogP contribution in [-0.4, -0.2) is 50.8 Å². The summed E-state index contributed by atoms with van der Waals surface area (Å²) in [6, 6.07) is 2.02. The number of rotatable bonds is 10. The van der Waals surface area contributed by atoms with Gasteiger partial charge in [-0.05, 0) is 38.6 Å². The predicted octanol–water partition coefficient (Wildman–Crippen LogP) is 2.82. The van der Waals surface area contributed by atoms with E-state index in [-0.39, 0.29) is 18.7 Å². The maximum Gasteiger partial charge on any atom is 0.261 e. The third-order valence-electron chi connectivity index (χ3n) is 4.93. The second-order valence-electron chi connectivity index (χ2n) is 7.18. The van der Waals surface area contributed by atoms with Crippen molar-refractivity contribution < 1.29 is 13.5 Å². The van der Waals surface area contributed by atoms with Gasteiger partial charge in [-0.3, -0.25) is 5.32 Å². The minimum Gasteiger partial charge on any atom is -0.366 e. The number of hydrogen-bond donors (Lipinski definition) is 2. The Morgan fingerprint density at radius 3 is 2.85 bits per heavy atom. The van der Waals surface area contributed by atoms with Gasteiger partial charge in [0.25, 0.3) is 6.43 Å². The normalized spacial score (nSPS) is 15.4. The number of alkyl halides is 2. The molecule has 0 aliphatic carbocycles. The van der Waals surface area contributed by atoms with Crippen LogP contribution < -0.4 is 10.6 Å². The highest BCUT2D eigenvalue weighted by atomic mass is 19.3. The molecular formula is C22H26F2N8O. The molecule has 1 unspecified atom stereocenters. The molecule has 33 heavy (non-hydrogen) atoms. The molecule has 2 aromatic heterocycles. The molecule has 0 saturated heterocycles. The highest BCUT2D eigenvalue weighted by molar-refractivity contribution is 5.57. The number of nitrogens with one attached hydrogen (secondary N) is 2. The van der Waals surface area contributed by atoms with E-state index in [1.165, 1.54) is 6.08 Å². The molecule has 0 saturated carbocycles. The fourth-order valence-electron chi connectivity index (χ4n) is 3.11. The Morgan fingerprint density at radius 2 is 2.24 bits per heavy atom. The van der Waals surface area contributed by atoms with Crippen molar-refractivity contribution in [2.75, 3.05) is 13.6 Å². The Hall–Kier alpha value is -3.62. The lowest BCUT2D eigenvalue weighted by Gasteiger charge is -2.19. The summed E-state index contributed by atoms with van der Waals surface area (Å²) in [5.41, 5.74) is 2.59. The van der Waals surface area contributed by atoms with Gasteiger partial charge in [0.1, 0.15) is 24.4 Å². The van der Waals surface area contributed by atoms with E-state index in [1.54, 1.807) is 34.9 Å². The maximum absolute atomic E-state index is 12.9. The number of allylic oxidation sites excluding steroid dienone is 5. The van der Waals surface area contributed by atoms with E-state index < -0.39 is 12.7 Å². The van der Waals surface area contributed by atoms with E-state index in [4.69, 9.17) is 10.00 Å². The number of ether oxygens (including phenoxy) is 1. The van der Waals surface area contributed by atoms with Crippen LogP contribution in [0.3, 0.4) is 0 Å². The van der Waals surface area contributed by atoms with Gasteiger partial charge in [0.05, 0.1) is 18.0 Å². The molecule has 0 fully saturated rings. The molecule has 11 heteroatoms. The van der Waals surface area contributed by atoms with Gasteiger partial charge in [0.15, 0.2) is 5.69 Å². The van der Waals surface area contributed by atoms with E-state index in [1.807, 2.05) is 38.1 Å². The molecule has 174 valence electrons. The van der Waals surface area contributed by atoms with E-state index in [0.29, 0.717) is 22.9 Å². The SMILES string of the molecule is CCC=C(/C=C\C(NC)OCc1c(C)nnn1C1=CC=C(C(F)F)CN1)n1cnc(C#N)c1. The minimum atomic E-state index is -2.50. The monoisotopic (exact) mass is 456 g/mol. The third kappa shape index (κ3) is 6.00. The number of imidazole rings is 1. The number of aromatic nitrogens is 5. The zero-order chi connectivity index (χ0) is 23.8. The molecular weight excluding hydrogens is 430 g/mol. The Kier molecular flexibility index (Phi) is 8.23. The van der Waals surface area contributed by atoms with Gasteiger partial charge in [0.2, 0.25) is 0 Å². The zero-order valence-electron chi connectivity index (χ0n) is 18.7. The summed E-state index contributed by atoms with van der Waals surface area (Å²) in [5, 5.41) is 23.2. The quantitative estimate of drug-likeness (QED) is 0.418. The summed E-state index contributed by atoms with van der Waals surface area (Å²) in [6.07, 6.45) is 9.83. The summed E-state index contributed by atoms with van der Waals surface area (Å²) < 4.78 is 35.1. The molecule has 2 N–H and O–H groups in total. The number of likely N-dealkylation sites (N-methyl/N-ethyl adjacent to an activating group) is 1. The smallest absolute Gasteiger partial charge is 0.261 e. The van der Waals surface area contributed by atoms with Crippen LogP contribution in [0.5, 0.6) is 0 Å². The van der Waals surface area contributed by atoms with Gasteiger partial charge in [-0.2, -0.15) is 9.94 Å². The van der Waals surface area contributed by atoms with E-state index >= 15 is 0 Å². The van der Waals surface area contributed by atoms with Crippen LogP contribution in [0.25, 0.3) is 11.5 Å². The third-order valence-corrected chi connectivity index (χ3v) is 4.93. The van der Waals surface area contributed by atoms with Gasteiger partial charge in [-0.15, -0.1) is 5.10 Å². The maximum atomic E-state index is 12.9. The number of nitriles is 1. The molecule has 2 aromatic rings.